The third kappa shape index (κ3) is 5.11. The van der Waals surface area contributed by atoms with Gasteiger partial charge in [0.25, 0.3) is 5.91 Å². The fourth-order valence-corrected chi connectivity index (χ4v) is 3.99. The van der Waals surface area contributed by atoms with E-state index >= 15 is 0 Å². The van der Waals surface area contributed by atoms with Crippen molar-refractivity contribution in [2.75, 3.05) is 32.9 Å². The summed E-state index contributed by atoms with van der Waals surface area (Å²) in [6, 6.07) is 19.6. The van der Waals surface area contributed by atoms with Crippen LogP contribution in [-0.2, 0) is 22.6 Å². The van der Waals surface area contributed by atoms with Crippen molar-refractivity contribution in [1.82, 2.24) is 5.32 Å². The van der Waals surface area contributed by atoms with Crippen molar-refractivity contribution >= 4 is 28.3 Å². The zero-order valence-electron chi connectivity index (χ0n) is 16.8. The van der Waals surface area contributed by atoms with Crippen LogP contribution in [0.25, 0.3) is 10.8 Å². The average molecular weight is 426 g/mol. The van der Waals surface area contributed by atoms with Gasteiger partial charge in [-0.25, -0.2) is 0 Å². The first-order valence-corrected chi connectivity index (χ1v) is 10.6. The number of carbonyl (C=O) groups is 1. The number of morpholine rings is 1. The van der Waals surface area contributed by atoms with Gasteiger partial charge in [0.05, 0.1) is 13.2 Å². The number of halogens is 1. The topological polar surface area (TPSA) is 52.0 Å². The van der Waals surface area contributed by atoms with Gasteiger partial charge in [0.15, 0.2) is 6.61 Å². The molecule has 1 heterocycles. The van der Waals surface area contributed by atoms with Crippen LogP contribution in [0.1, 0.15) is 11.1 Å². The Bertz CT molecular complexity index is 1020. The van der Waals surface area contributed by atoms with E-state index in [9.17, 15) is 4.79 Å². The molecule has 0 spiro atoms. The summed E-state index contributed by atoms with van der Waals surface area (Å²) < 4.78 is 11.2. The van der Waals surface area contributed by atoms with Crippen LogP contribution < -0.4 is 15.0 Å². The largest absolute Gasteiger partial charge is 0.483 e. The first-order chi connectivity index (χ1) is 14.7. The molecule has 0 unspecified atom stereocenters. The zero-order valence-corrected chi connectivity index (χ0v) is 17.6. The Balaban J connectivity index is 1.34. The van der Waals surface area contributed by atoms with E-state index in [1.54, 1.807) is 12.1 Å². The first kappa shape index (κ1) is 20.7. The molecule has 0 saturated carbocycles. The number of rotatable bonds is 7. The quantitative estimate of drug-likeness (QED) is 0.611. The molecule has 0 bridgehead atoms. The van der Waals surface area contributed by atoms with E-state index < -0.39 is 0 Å². The molecule has 1 aliphatic rings. The maximum absolute atomic E-state index is 12.4. The van der Waals surface area contributed by atoms with Crippen molar-refractivity contribution in [3.63, 3.8) is 0 Å². The van der Waals surface area contributed by atoms with Crippen molar-refractivity contribution in [3.05, 3.63) is 76.8 Å². The van der Waals surface area contributed by atoms with E-state index in [2.05, 4.69) is 23.5 Å². The van der Waals surface area contributed by atoms with E-state index in [0.29, 0.717) is 17.3 Å². The van der Waals surface area contributed by atoms with Gasteiger partial charge in [-0.3, -0.25) is 4.79 Å². The number of ether oxygens (including phenoxy) is 2. The lowest BCUT2D eigenvalue weighted by Crippen LogP contribution is -3.12. The Morgan fingerprint density at radius 3 is 2.47 bits per heavy atom. The minimum absolute atomic E-state index is 0.0392. The Kier molecular flexibility index (Phi) is 6.84. The molecule has 156 valence electrons. The fraction of sp³-hybridized carbons (Fsp3) is 0.292. The maximum atomic E-state index is 12.4. The van der Waals surface area contributed by atoms with Crippen molar-refractivity contribution in [2.45, 2.75) is 13.1 Å². The second kappa shape index (κ2) is 9.94. The number of amides is 1. The molecule has 0 aromatic heterocycles. The molecule has 1 aliphatic heterocycles. The molecule has 3 aromatic rings. The van der Waals surface area contributed by atoms with Gasteiger partial charge in [-0.1, -0.05) is 60.1 Å². The maximum Gasteiger partial charge on any atom is 0.258 e. The van der Waals surface area contributed by atoms with E-state index in [1.165, 1.54) is 10.5 Å². The monoisotopic (exact) mass is 425 g/mol. The minimum Gasteiger partial charge on any atom is -0.483 e. The molecule has 1 fully saturated rings. The average Bonchev–Trinajstić information content (AvgIpc) is 2.79. The molecule has 5 nitrogen and oxygen atoms in total. The van der Waals surface area contributed by atoms with Gasteiger partial charge in [0.1, 0.15) is 25.4 Å². The highest BCUT2D eigenvalue weighted by Crippen LogP contribution is 2.31. The second-order valence-corrected chi connectivity index (χ2v) is 7.87. The van der Waals surface area contributed by atoms with Crippen LogP contribution in [0.15, 0.2) is 60.7 Å². The van der Waals surface area contributed by atoms with E-state index in [1.807, 2.05) is 30.3 Å². The third-order valence-corrected chi connectivity index (χ3v) is 5.75. The number of benzene rings is 3. The molecule has 6 heteroatoms. The number of hydrogen-bond donors (Lipinski definition) is 2. The van der Waals surface area contributed by atoms with Crippen LogP contribution in [0.3, 0.4) is 0 Å². The van der Waals surface area contributed by atoms with Gasteiger partial charge in [0, 0.05) is 27.9 Å². The summed E-state index contributed by atoms with van der Waals surface area (Å²) in [5.41, 5.74) is 2.40. The van der Waals surface area contributed by atoms with Crippen LogP contribution in [0.4, 0.5) is 0 Å². The first-order valence-electron chi connectivity index (χ1n) is 10.3. The smallest absolute Gasteiger partial charge is 0.258 e. The number of carbonyl (C=O) groups excluding carboxylic acids is 1. The molecule has 30 heavy (non-hydrogen) atoms. The molecule has 4 rings (SSSR count). The van der Waals surface area contributed by atoms with Gasteiger partial charge < -0.3 is 19.7 Å². The van der Waals surface area contributed by atoms with Crippen molar-refractivity contribution in [3.8, 4) is 5.75 Å². The SMILES string of the molecule is O=C(COc1ccc(Cl)c2ccccc12)NCc1ccccc1C[NH+]1CCOCC1. The lowest BCUT2D eigenvalue weighted by atomic mass is 10.1. The normalized spacial score (nSPS) is 14.6. The predicted molar refractivity (Wildman–Crippen MR) is 118 cm³/mol. The van der Waals surface area contributed by atoms with Crippen LogP contribution in [-0.4, -0.2) is 38.8 Å². The highest BCUT2D eigenvalue weighted by molar-refractivity contribution is 6.35. The highest BCUT2D eigenvalue weighted by Gasteiger charge is 2.16. The van der Waals surface area contributed by atoms with Crippen molar-refractivity contribution in [1.29, 1.82) is 0 Å². The van der Waals surface area contributed by atoms with Gasteiger partial charge in [-0.05, 0) is 17.7 Å². The summed E-state index contributed by atoms with van der Waals surface area (Å²) in [6.45, 7) is 5.05. The summed E-state index contributed by atoms with van der Waals surface area (Å²) in [5.74, 6) is 0.504. The number of quaternary nitrogens is 1. The summed E-state index contributed by atoms with van der Waals surface area (Å²) in [7, 11) is 0. The lowest BCUT2D eigenvalue weighted by Gasteiger charge is -2.24. The molecule has 1 amide bonds. The molecule has 0 radical (unpaired) electrons. The summed E-state index contributed by atoms with van der Waals surface area (Å²) in [6.07, 6.45) is 0. The van der Waals surface area contributed by atoms with E-state index in [-0.39, 0.29) is 12.5 Å². The number of fused-ring (bicyclic) bond motifs is 1. The highest BCUT2D eigenvalue weighted by atomic mass is 35.5. The third-order valence-electron chi connectivity index (χ3n) is 5.42. The summed E-state index contributed by atoms with van der Waals surface area (Å²) in [5, 5.41) is 5.46. The molecule has 0 atom stereocenters. The molecular formula is C24H26ClN2O3+. The van der Waals surface area contributed by atoms with Crippen molar-refractivity contribution < 1.29 is 19.2 Å². The van der Waals surface area contributed by atoms with Crippen molar-refractivity contribution in [2.24, 2.45) is 0 Å². The Hall–Kier alpha value is -2.60. The molecule has 1 saturated heterocycles. The minimum atomic E-state index is -0.150. The van der Waals surface area contributed by atoms with Gasteiger partial charge >= 0.3 is 0 Å². The predicted octanol–water partition coefficient (Wildman–Crippen LogP) is 2.60. The Morgan fingerprint density at radius 1 is 0.967 bits per heavy atom. The molecule has 2 N–H and O–H groups in total. The number of hydrogen-bond acceptors (Lipinski definition) is 3. The summed E-state index contributed by atoms with van der Waals surface area (Å²) >= 11 is 6.25. The van der Waals surface area contributed by atoms with Crippen LogP contribution >= 0.6 is 11.6 Å². The molecule has 3 aromatic carbocycles. The Labute approximate surface area is 181 Å². The van der Waals surface area contributed by atoms with Gasteiger partial charge in [-0.2, -0.15) is 0 Å². The second-order valence-electron chi connectivity index (χ2n) is 7.46. The zero-order chi connectivity index (χ0) is 20.8. The fourth-order valence-electron chi connectivity index (χ4n) is 3.76. The standard InChI is InChI=1S/C24H25ClN2O3/c25-22-9-10-23(21-8-4-3-7-20(21)22)30-17-24(28)26-15-18-5-1-2-6-19(18)16-27-11-13-29-14-12-27/h1-10H,11-17H2,(H,26,28)/p+1. The van der Waals surface area contributed by atoms with Crippen LogP contribution in [0.2, 0.25) is 5.02 Å². The molecular weight excluding hydrogens is 400 g/mol. The van der Waals surface area contributed by atoms with Gasteiger partial charge in [0.2, 0.25) is 0 Å². The van der Waals surface area contributed by atoms with Crippen LogP contribution in [0.5, 0.6) is 5.75 Å². The molecule has 0 aliphatic carbocycles. The van der Waals surface area contributed by atoms with Crippen LogP contribution in [0, 0.1) is 0 Å². The summed E-state index contributed by atoms with van der Waals surface area (Å²) in [4.78, 5) is 13.9. The number of nitrogens with one attached hydrogen (secondary N) is 2. The van der Waals surface area contributed by atoms with E-state index in [4.69, 9.17) is 21.1 Å². The van der Waals surface area contributed by atoms with Gasteiger partial charge in [-0.15, -0.1) is 0 Å². The van der Waals surface area contributed by atoms with E-state index in [0.717, 1.165) is 49.2 Å². The Morgan fingerprint density at radius 2 is 1.67 bits per heavy atom. The lowest BCUT2D eigenvalue weighted by molar-refractivity contribution is -0.921.